The van der Waals surface area contributed by atoms with Gasteiger partial charge >= 0.3 is 0 Å². The average molecular weight is 246 g/mol. The van der Waals surface area contributed by atoms with Crippen LogP contribution >= 0.6 is 0 Å². The minimum absolute atomic E-state index is 0.0628. The van der Waals surface area contributed by atoms with Gasteiger partial charge in [0.15, 0.2) is 5.78 Å². The van der Waals surface area contributed by atoms with Crippen LogP contribution in [0.15, 0.2) is 24.8 Å². The lowest BCUT2D eigenvalue weighted by atomic mass is 9.83. The van der Waals surface area contributed by atoms with Crippen molar-refractivity contribution < 1.29 is 9.53 Å². The normalized spacial score (nSPS) is 11.2. The highest BCUT2D eigenvalue weighted by Crippen LogP contribution is 2.35. The Morgan fingerprint density at radius 1 is 1.39 bits per heavy atom. The van der Waals surface area contributed by atoms with Crippen LogP contribution in [0.1, 0.15) is 49.2 Å². The van der Waals surface area contributed by atoms with E-state index in [1.54, 1.807) is 0 Å². The summed E-state index contributed by atoms with van der Waals surface area (Å²) in [7, 11) is 0. The van der Waals surface area contributed by atoms with E-state index in [0.717, 1.165) is 11.1 Å². The van der Waals surface area contributed by atoms with E-state index in [4.69, 9.17) is 4.74 Å². The molecule has 0 unspecified atom stereocenters. The first-order chi connectivity index (χ1) is 8.31. The molecule has 0 heterocycles. The van der Waals surface area contributed by atoms with Gasteiger partial charge in [-0.2, -0.15) is 0 Å². The van der Waals surface area contributed by atoms with Gasteiger partial charge in [-0.3, -0.25) is 4.79 Å². The number of hydrogen-bond donors (Lipinski definition) is 0. The van der Waals surface area contributed by atoms with Crippen LogP contribution in [0.5, 0.6) is 5.75 Å². The van der Waals surface area contributed by atoms with Crippen LogP contribution in [0.3, 0.4) is 0 Å². The van der Waals surface area contributed by atoms with Gasteiger partial charge in [-0.25, -0.2) is 0 Å². The van der Waals surface area contributed by atoms with Crippen LogP contribution in [0, 0.1) is 6.92 Å². The van der Waals surface area contributed by atoms with Gasteiger partial charge < -0.3 is 4.74 Å². The van der Waals surface area contributed by atoms with Crippen molar-refractivity contribution in [3.8, 4) is 5.75 Å². The topological polar surface area (TPSA) is 26.3 Å². The molecule has 0 amide bonds. The highest BCUT2D eigenvalue weighted by atomic mass is 16.5. The van der Waals surface area contributed by atoms with E-state index >= 15 is 0 Å². The molecule has 0 spiro atoms. The van der Waals surface area contributed by atoms with Crippen molar-refractivity contribution in [1.82, 2.24) is 0 Å². The Morgan fingerprint density at radius 2 is 2.00 bits per heavy atom. The maximum absolute atomic E-state index is 11.9. The summed E-state index contributed by atoms with van der Waals surface area (Å²) in [6, 6.07) is 3.95. The van der Waals surface area contributed by atoms with Crippen molar-refractivity contribution in [2.75, 3.05) is 6.61 Å². The maximum atomic E-state index is 11.9. The average Bonchev–Trinajstić information content (AvgIpc) is 2.28. The fourth-order valence-electron chi connectivity index (χ4n) is 1.92. The zero-order valence-electron chi connectivity index (χ0n) is 12.0. The van der Waals surface area contributed by atoms with Crippen molar-refractivity contribution in [1.29, 1.82) is 0 Å². The van der Waals surface area contributed by atoms with Gasteiger partial charge in [0.25, 0.3) is 0 Å². The molecule has 1 aromatic rings. The molecule has 0 N–H and O–H groups in total. The lowest BCUT2D eigenvalue weighted by Gasteiger charge is -2.25. The van der Waals surface area contributed by atoms with Crippen molar-refractivity contribution in [3.05, 3.63) is 41.5 Å². The van der Waals surface area contributed by atoms with E-state index in [-0.39, 0.29) is 11.2 Å². The predicted molar refractivity (Wildman–Crippen MR) is 75.6 cm³/mol. The fourth-order valence-corrected chi connectivity index (χ4v) is 1.92. The van der Waals surface area contributed by atoms with Crippen molar-refractivity contribution in [3.63, 3.8) is 0 Å². The first-order valence-electron chi connectivity index (χ1n) is 6.26. The molecule has 0 aliphatic carbocycles. The molecule has 0 aromatic heterocycles. The van der Waals surface area contributed by atoms with Gasteiger partial charge in [0.05, 0.1) is 12.2 Å². The van der Waals surface area contributed by atoms with Crippen molar-refractivity contribution >= 4 is 5.78 Å². The highest BCUT2D eigenvalue weighted by Gasteiger charge is 2.23. The summed E-state index contributed by atoms with van der Waals surface area (Å²) in [5.41, 5.74) is 2.67. The Bertz CT molecular complexity index is 465. The lowest BCUT2D eigenvalue weighted by molar-refractivity contribution is 0.104. The minimum atomic E-state index is -0.0901. The number of carbonyl (C=O) groups excluding carboxylic acids is 1. The Balaban J connectivity index is 3.55. The van der Waals surface area contributed by atoms with Crippen LogP contribution in [0.4, 0.5) is 0 Å². The molecular formula is C16H22O2. The van der Waals surface area contributed by atoms with Crippen LogP contribution in [-0.2, 0) is 5.41 Å². The minimum Gasteiger partial charge on any atom is -0.493 e. The van der Waals surface area contributed by atoms with Crippen LogP contribution in [0.2, 0.25) is 0 Å². The zero-order chi connectivity index (χ0) is 13.9. The van der Waals surface area contributed by atoms with E-state index in [0.29, 0.717) is 17.9 Å². The maximum Gasteiger partial charge on any atom is 0.188 e. The van der Waals surface area contributed by atoms with Gasteiger partial charge in [-0.15, -0.1) is 0 Å². The molecule has 18 heavy (non-hydrogen) atoms. The van der Waals surface area contributed by atoms with Crippen LogP contribution in [-0.4, -0.2) is 12.4 Å². The van der Waals surface area contributed by atoms with Crippen LogP contribution < -0.4 is 4.74 Å². The molecular weight excluding hydrogens is 224 g/mol. The number of benzene rings is 1. The summed E-state index contributed by atoms with van der Waals surface area (Å²) in [6.45, 7) is 14.4. The molecule has 1 aromatic carbocycles. The number of rotatable bonds is 4. The lowest BCUT2D eigenvalue weighted by Crippen LogP contribution is -2.16. The smallest absolute Gasteiger partial charge is 0.188 e. The molecule has 0 saturated carbocycles. The summed E-state index contributed by atoms with van der Waals surface area (Å²) in [4.78, 5) is 11.9. The van der Waals surface area contributed by atoms with Crippen LogP contribution in [0.25, 0.3) is 0 Å². The number of ether oxygens (including phenoxy) is 1. The SMILES string of the molecule is C=CC(=O)c1cc(C)cc(C(C)(C)C)c1OCC. The molecule has 0 aliphatic rings. The second kappa shape index (κ2) is 5.38. The second-order valence-corrected chi connectivity index (χ2v) is 5.44. The Kier molecular flexibility index (Phi) is 4.33. The third-order valence-corrected chi connectivity index (χ3v) is 2.78. The summed E-state index contributed by atoms with van der Waals surface area (Å²) < 4.78 is 5.70. The number of hydrogen-bond acceptors (Lipinski definition) is 2. The third-order valence-electron chi connectivity index (χ3n) is 2.78. The van der Waals surface area contributed by atoms with Gasteiger partial charge in [0.1, 0.15) is 5.75 Å². The van der Waals surface area contributed by atoms with Gasteiger partial charge in [-0.1, -0.05) is 33.4 Å². The fraction of sp³-hybridized carbons (Fsp3) is 0.438. The van der Waals surface area contributed by atoms with Gasteiger partial charge in [0.2, 0.25) is 0 Å². The summed E-state index contributed by atoms with van der Waals surface area (Å²) in [5.74, 6) is 0.605. The van der Waals surface area contributed by atoms with E-state index in [1.165, 1.54) is 6.08 Å². The number of aryl methyl sites for hydroxylation is 1. The number of allylic oxidation sites excluding steroid dienone is 1. The van der Waals surface area contributed by atoms with Gasteiger partial charge in [-0.05, 0) is 37.0 Å². The molecule has 2 heteroatoms. The molecule has 0 bridgehead atoms. The molecule has 0 atom stereocenters. The summed E-state index contributed by atoms with van der Waals surface area (Å²) >= 11 is 0. The Morgan fingerprint density at radius 3 is 2.44 bits per heavy atom. The van der Waals surface area contributed by atoms with E-state index in [2.05, 4.69) is 33.4 Å². The highest BCUT2D eigenvalue weighted by molar-refractivity contribution is 6.06. The van der Waals surface area contributed by atoms with E-state index in [9.17, 15) is 4.79 Å². The molecule has 98 valence electrons. The second-order valence-electron chi connectivity index (χ2n) is 5.44. The standard InChI is InChI=1S/C16H22O2/c1-7-14(17)12-9-11(3)10-13(16(4,5)6)15(12)18-8-2/h7,9-10H,1,8H2,2-6H3. The number of carbonyl (C=O) groups is 1. The molecule has 0 radical (unpaired) electrons. The van der Waals surface area contributed by atoms with Crippen molar-refractivity contribution in [2.24, 2.45) is 0 Å². The van der Waals surface area contributed by atoms with E-state index in [1.807, 2.05) is 19.9 Å². The summed E-state index contributed by atoms with van der Waals surface area (Å²) in [6.07, 6.45) is 1.34. The molecule has 0 aliphatic heterocycles. The molecule has 2 nitrogen and oxygen atoms in total. The number of ketones is 1. The third kappa shape index (κ3) is 3.00. The Labute approximate surface area is 110 Å². The van der Waals surface area contributed by atoms with E-state index < -0.39 is 0 Å². The Hall–Kier alpha value is -1.57. The van der Waals surface area contributed by atoms with Crippen molar-refractivity contribution in [2.45, 2.75) is 40.0 Å². The first kappa shape index (κ1) is 14.5. The first-order valence-corrected chi connectivity index (χ1v) is 6.26. The predicted octanol–water partition coefficient (Wildman–Crippen LogP) is 4.06. The monoisotopic (exact) mass is 246 g/mol. The molecule has 0 fully saturated rings. The molecule has 1 rings (SSSR count). The summed E-state index contributed by atoms with van der Waals surface area (Å²) in [5, 5.41) is 0. The quantitative estimate of drug-likeness (QED) is 0.591. The largest absolute Gasteiger partial charge is 0.493 e. The molecule has 0 saturated heterocycles. The zero-order valence-corrected chi connectivity index (χ0v) is 12.0. The van der Waals surface area contributed by atoms with Gasteiger partial charge in [0, 0.05) is 5.56 Å².